The zero-order valence-corrected chi connectivity index (χ0v) is 18.1. The van der Waals surface area contributed by atoms with Crippen molar-refractivity contribution in [3.05, 3.63) is 35.9 Å². The first kappa shape index (κ1) is 28.0. The van der Waals surface area contributed by atoms with Gasteiger partial charge in [0.1, 0.15) is 18.1 Å². The summed E-state index contributed by atoms with van der Waals surface area (Å²) in [7, 11) is 0. The highest BCUT2D eigenvalue weighted by atomic mass is 16.4. The molecule has 0 bridgehead atoms. The van der Waals surface area contributed by atoms with Crippen molar-refractivity contribution >= 4 is 35.5 Å². The van der Waals surface area contributed by atoms with Crippen LogP contribution in [0.3, 0.4) is 0 Å². The summed E-state index contributed by atoms with van der Waals surface area (Å²) in [6.45, 7) is -0.923. The van der Waals surface area contributed by atoms with Gasteiger partial charge in [-0.25, -0.2) is 4.79 Å². The zero-order valence-electron chi connectivity index (χ0n) is 18.1. The molecule has 0 aromatic heterocycles. The van der Waals surface area contributed by atoms with Crippen LogP contribution in [0.4, 0.5) is 0 Å². The van der Waals surface area contributed by atoms with Crippen molar-refractivity contribution in [2.24, 2.45) is 17.2 Å². The molecule has 11 N–H and O–H groups in total. The number of aliphatic hydroxyl groups excluding tert-OH is 1. The molecule has 0 aliphatic heterocycles. The van der Waals surface area contributed by atoms with Crippen molar-refractivity contribution in [3.63, 3.8) is 0 Å². The highest BCUT2D eigenvalue weighted by molar-refractivity contribution is 5.95. The van der Waals surface area contributed by atoms with Gasteiger partial charge in [-0.15, -0.1) is 0 Å². The summed E-state index contributed by atoms with van der Waals surface area (Å²) in [5, 5.41) is 25.2. The number of carbonyl (C=O) groups is 6. The number of aliphatic hydroxyl groups is 1. The number of hydrogen-bond acceptors (Lipinski definition) is 8. The van der Waals surface area contributed by atoms with Crippen molar-refractivity contribution in [2.45, 2.75) is 43.4 Å². The molecular formula is C20H28N6O8. The summed E-state index contributed by atoms with van der Waals surface area (Å²) in [6, 6.07) is 2.57. The monoisotopic (exact) mass is 480 g/mol. The molecule has 1 rings (SSSR count). The first-order valence-corrected chi connectivity index (χ1v) is 10.1. The van der Waals surface area contributed by atoms with Gasteiger partial charge in [-0.05, 0) is 5.56 Å². The first-order chi connectivity index (χ1) is 15.9. The third-order valence-electron chi connectivity index (χ3n) is 4.51. The van der Waals surface area contributed by atoms with Gasteiger partial charge in [-0.3, -0.25) is 24.0 Å². The maximum atomic E-state index is 12.9. The lowest BCUT2D eigenvalue weighted by molar-refractivity contribution is -0.144. The fourth-order valence-electron chi connectivity index (χ4n) is 2.79. The average molecular weight is 480 g/mol. The smallest absolute Gasteiger partial charge is 0.326 e. The molecule has 14 heteroatoms. The topological polar surface area (TPSA) is 257 Å². The first-order valence-electron chi connectivity index (χ1n) is 10.1. The minimum atomic E-state index is -1.68. The number of benzene rings is 1. The van der Waals surface area contributed by atoms with Crippen LogP contribution in [-0.4, -0.2) is 76.5 Å². The Bertz CT molecular complexity index is 910. The molecule has 0 spiro atoms. The summed E-state index contributed by atoms with van der Waals surface area (Å²) in [5.41, 5.74) is 16.2. The molecule has 4 unspecified atom stereocenters. The fourth-order valence-corrected chi connectivity index (χ4v) is 2.79. The van der Waals surface area contributed by atoms with E-state index in [4.69, 9.17) is 22.3 Å². The van der Waals surface area contributed by atoms with Gasteiger partial charge in [-0.2, -0.15) is 0 Å². The van der Waals surface area contributed by atoms with Crippen molar-refractivity contribution in [1.82, 2.24) is 16.0 Å². The lowest BCUT2D eigenvalue weighted by atomic mass is 10.0. The average Bonchev–Trinajstić information content (AvgIpc) is 2.75. The maximum Gasteiger partial charge on any atom is 0.326 e. The van der Waals surface area contributed by atoms with E-state index in [0.717, 1.165) is 0 Å². The van der Waals surface area contributed by atoms with Crippen LogP contribution in [0.25, 0.3) is 0 Å². The van der Waals surface area contributed by atoms with Gasteiger partial charge >= 0.3 is 5.97 Å². The van der Waals surface area contributed by atoms with Gasteiger partial charge in [-0.1, -0.05) is 30.3 Å². The molecule has 0 aliphatic carbocycles. The van der Waals surface area contributed by atoms with Crippen LogP contribution in [0.2, 0.25) is 0 Å². The molecule has 0 aliphatic rings. The van der Waals surface area contributed by atoms with Crippen molar-refractivity contribution in [1.29, 1.82) is 0 Å². The van der Waals surface area contributed by atoms with Crippen LogP contribution in [0.15, 0.2) is 30.3 Å². The second kappa shape index (κ2) is 13.5. The summed E-state index contributed by atoms with van der Waals surface area (Å²) >= 11 is 0. The van der Waals surface area contributed by atoms with Crippen LogP contribution in [0, 0.1) is 0 Å². The van der Waals surface area contributed by atoms with Crippen molar-refractivity contribution in [2.75, 3.05) is 6.61 Å². The number of nitrogens with two attached hydrogens (primary N) is 3. The van der Waals surface area contributed by atoms with E-state index < -0.39 is 79.1 Å². The second-order valence-corrected chi connectivity index (χ2v) is 7.34. The molecule has 0 heterocycles. The number of aliphatic carboxylic acids is 1. The van der Waals surface area contributed by atoms with Gasteiger partial charge in [0.25, 0.3) is 0 Å². The summed E-state index contributed by atoms with van der Waals surface area (Å²) in [4.78, 5) is 70.8. The number of nitrogens with one attached hydrogen (secondary N) is 3. The molecule has 5 amide bonds. The van der Waals surface area contributed by atoms with E-state index in [2.05, 4.69) is 10.6 Å². The number of amides is 5. The van der Waals surface area contributed by atoms with Gasteiger partial charge < -0.3 is 43.4 Å². The van der Waals surface area contributed by atoms with E-state index in [1.165, 1.54) is 0 Å². The van der Waals surface area contributed by atoms with Crippen LogP contribution >= 0.6 is 0 Å². The molecule has 14 nitrogen and oxygen atoms in total. The molecular weight excluding hydrogens is 452 g/mol. The largest absolute Gasteiger partial charge is 0.480 e. The van der Waals surface area contributed by atoms with E-state index in [9.17, 15) is 33.9 Å². The predicted molar refractivity (Wildman–Crippen MR) is 116 cm³/mol. The van der Waals surface area contributed by atoms with Crippen LogP contribution in [-0.2, 0) is 35.2 Å². The number of carboxylic acids is 1. The van der Waals surface area contributed by atoms with E-state index in [0.29, 0.717) is 5.56 Å². The molecule has 34 heavy (non-hydrogen) atoms. The van der Waals surface area contributed by atoms with Crippen molar-refractivity contribution < 1.29 is 39.0 Å². The summed E-state index contributed by atoms with van der Waals surface area (Å²) in [6.07, 6.45) is -1.22. The molecule has 0 saturated heterocycles. The molecule has 4 atom stereocenters. The van der Waals surface area contributed by atoms with Crippen LogP contribution in [0.1, 0.15) is 18.4 Å². The molecule has 0 radical (unpaired) electrons. The van der Waals surface area contributed by atoms with E-state index in [1.54, 1.807) is 30.3 Å². The number of hydrogen-bond donors (Lipinski definition) is 8. The fraction of sp³-hybridized carbons (Fsp3) is 0.400. The minimum absolute atomic E-state index is 0.0408. The standard InChI is InChI=1S/C20H28N6O8/c21-11(7-15(22)28)17(30)24-12(6-10-4-2-1-3-5-10)18(31)26-14(9-27)19(32)25-13(20(33)34)8-16(23)29/h1-5,11-14,27H,6-9,21H2,(H2,22,28)(H2,23,29)(H,24,30)(H,25,32)(H,26,31)(H,33,34). The molecule has 0 fully saturated rings. The van der Waals surface area contributed by atoms with Gasteiger partial charge in [0.2, 0.25) is 29.5 Å². The van der Waals surface area contributed by atoms with Gasteiger partial charge in [0.15, 0.2) is 0 Å². The summed E-state index contributed by atoms with van der Waals surface area (Å²) in [5.74, 6) is -6.22. The Balaban J connectivity index is 2.99. The molecule has 1 aromatic rings. The van der Waals surface area contributed by atoms with E-state index >= 15 is 0 Å². The van der Waals surface area contributed by atoms with E-state index in [-0.39, 0.29) is 6.42 Å². The molecule has 0 saturated carbocycles. The number of rotatable bonds is 14. The molecule has 1 aromatic carbocycles. The van der Waals surface area contributed by atoms with Crippen LogP contribution < -0.4 is 33.2 Å². The number of carboxylic acid groups (broad SMARTS) is 1. The van der Waals surface area contributed by atoms with E-state index in [1.807, 2.05) is 5.32 Å². The lowest BCUT2D eigenvalue weighted by Crippen LogP contribution is -2.59. The SMILES string of the molecule is NC(=O)CC(N)C(=O)NC(Cc1ccccc1)C(=O)NC(CO)C(=O)NC(CC(N)=O)C(=O)O. The molecule has 186 valence electrons. The Morgan fingerprint density at radius 1 is 0.765 bits per heavy atom. The minimum Gasteiger partial charge on any atom is -0.480 e. The normalized spacial score (nSPS) is 14.1. The Hall–Kier alpha value is -4.04. The van der Waals surface area contributed by atoms with Crippen molar-refractivity contribution in [3.8, 4) is 0 Å². The Kier molecular flexibility index (Phi) is 11.1. The lowest BCUT2D eigenvalue weighted by Gasteiger charge is -2.24. The Morgan fingerprint density at radius 2 is 1.26 bits per heavy atom. The van der Waals surface area contributed by atoms with Gasteiger partial charge in [0, 0.05) is 6.42 Å². The quantitative estimate of drug-likeness (QED) is 0.128. The third-order valence-corrected chi connectivity index (χ3v) is 4.51. The van der Waals surface area contributed by atoms with Gasteiger partial charge in [0.05, 0.1) is 25.5 Å². The Morgan fingerprint density at radius 3 is 1.76 bits per heavy atom. The highest BCUT2D eigenvalue weighted by Gasteiger charge is 2.31. The predicted octanol–water partition coefficient (Wildman–Crippen LogP) is -4.16. The third kappa shape index (κ3) is 9.62. The summed E-state index contributed by atoms with van der Waals surface area (Å²) < 4.78 is 0. The highest BCUT2D eigenvalue weighted by Crippen LogP contribution is 2.05. The maximum absolute atomic E-state index is 12.9. The zero-order chi connectivity index (χ0) is 25.8. The Labute approximate surface area is 194 Å². The number of primary amides is 2. The second-order valence-electron chi connectivity index (χ2n) is 7.34. The number of carbonyl (C=O) groups excluding carboxylic acids is 5. The van der Waals surface area contributed by atoms with Crippen LogP contribution in [0.5, 0.6) is 0 Å².